The van der Waals surface area contributed by atoms with Crippen molar-refractivity contribution in [2.24, 2.45) is 0 Å². The second kappa shape index (κ2) is 6.87. The summed E-state index contributed by atoms with van der Waals surface area (Å²) in [6, 6.07) is 0. The molecule has 0 atom stereocenters. The smallest absolute Gasteiger partial charge is 0.219 e. The fourth-order valence-corrected chi connectivity index (χ4v) is 1.16. The summed E-state index contributed by atoms with van der Waals surface area (Å²) in [5.41, 5.74) is 0. The quantitative estimate of drug-likeness (QED) is 0.573. The van der Waals surface area contributed by atoms with Crippen LogP contribution in [0.25, 0.3) is 0 Å². The van der Waals surface area contributed by atoms with Crippen molar-refractivity contribution in [3.05, 3.63) is 0 Å². The summed E-state index contributed by atoms with van der Waals surface area (Å²) in [6.45, 7) is 6.96. The lowest BCUT2D eigenvalue weighted by atomic mass is 10.1. The number of amides is 1. The van der Waals surface area contributed by atoms with Gasteiger partial charge in [-0.1, -0.05) is 20.3 Å². The Balaban J connectivity index is 0.000000424. The molecule has 1 rings (SSSR count). The first kappa shape index (κ1) is 12.4. The Kier molecular flexibility index (Phi) is 6.55. The van der Waals surface area contributed by atoms with Crippen molar-refractivity contribution in [2.45, 2.75) is 46.2 Å². The number of hydrogen-bond acceptors (Lipinski definition) is 1. The lowest BCUT2D eigenvalue weighted by Crippen LogP contribution is -2.37. The first-order chi connectivity index (χ1) is 6.11. The maximum atomic E-state index is 12.5. The minimum absolute atomic E-state index is 0.0619. The molecule has 0 bridgehead atoms. The number of piperidine rings is 1. The third kappa shape index (κ3) is 5.61. The molecule has 0 saturated carbocycles. The zero-order valence-corrected chi connectivity index (χ0v) is 8.85. The van der Waals surface area contributed by atoms with Crippen LogP contribution in [0.15, 0.2) is 0 Å². The highest BCUT2D eigenvalue weighted by molar-refractivity contribution is 5.73. The van der Waals surface area contributed by atoms with E-state index in [4.69, 9.17) is 0 Å². The van der Waals surface area contributed by atoms with Crippen LogP contribution in [0.2, 0.25) is 0 Å². The molecule has 0 aromatic heterocycles. The molecule has 0 N–H and O–H groups in total. The molecule has 1 aliphatic rings. The van der Waals surface area contributed by atoms with E-state index in [1.807, 2.05) is 0 Å². The number of alkyl halides is 1. The van der Waals surface area contributed by atoms with Gasteiger partial charge in [0.2, 0.25) is 5.91 Å². The van der Waals surface area contributed by atoms with Gasteiger partial charge in [0.15, 0.2) is 0 Å². The van der Waals surface area contributed by atoms with Crippen molar-refractivity contribution in [3.8, 4) is 0 Å². The molecule has 1 heterocycles. The van der Waals surface area contributed by atoms with Crippen molar-refractivity contribution in [2.75, 3.05) is 13.1 Å². The number of hydrogen-bond donors (Lipinski definition) is 0. The molecule has 0 unspecified atom stereocenters. The van der Waals surface area contributed by atoms with E-state index in [0.717, 1.165) is 0 Å². The number of rotatable bonds is 0. The normalized spacial score (nSPS) is 17.7. The molecule has 1 amide bonds. The predicted octanol–water partition coefficient (Wildman–Crippen LogP) is 2.38. The summed E-state index contributed by atoms with van der Waals surface area (Å²) in [4.78, 5) is 12.4. The maximum absolute atomic E-state index is 12.5. The van der Waals surface area contributed by atoms with Crippen LogP contribution >= 0.6 is 0 Å². The molecule has 0 spiro atoms. The van der Waals surface area contributed by atoms with Gasteiger partial charge < -0.3 is 4.90 Å². The standard InChI is InChI=1S/C7H12FNO.C3H8/c1-6(10)9-4-2-7(8)3-5-9;1-3-2/h7H,2-5H2,1H3;3H2,1-2H3. The summed E-state index contributed by atoms with van der Waals surface area (Å²) < 4.78 is 12.5. The van der Waals surface area contributed by atoms with Crippen LogP contribution in [-0.4, -0.2) is 30.1 Å². The van der Waals surface area contributed by atoms with E-state index in [1.165, 1.54) is 13.3 Å². The van der Waals surface area contributed by atoms with Gasteiger partial charge in [0.1, 0.15) is 6.17 Å². The van der Waals surface area contributed by atoms with Gasteiger partial charge in [0, 0.05) is 20.0 Å². The molecule has 0 aliphatic carbocycles. The molecule has 1 saturated heterocycles. The summed E-state index contributed by atoms with van der Waals surface area (Å²) in [7, 11) is 0. The third-order valence-electron chi connectivity index (χ3n) is 1.87. The second-order valence-electron chi connectivity index (χ2n) is 3.39. The predicted molar refractivity (Wildman–Crippen MR) is 52.3 cm³/mol. The Morgan fingerprint density at radius 3 is 2.08 bits per heavy atom. The van der Waals surface area contributed by atoms with Crippen molar-refractivity contribution in [3.63, 3.8) is 0 Å². The van der Waals surface area contributed by atoms with Crippen LogP contribution in [0.4, 0.5) is 4.39 Å². The number of halogens is 1. The van der Waals surface area contributed by atoms with Crippen LogP contribution in [0.1, 0.15) is 40.0 Å². The fraction of sp³-hybridized carbons (Fsp3) is 0.900. The fourth-order valence-electron chi connectivity index (χ4n) is 1.16. The van der Waals surface area contributed by atoms with E-state index in [0.29, 0.717) is 25.9 Å². The molecule has 0 aromatic carbocycles. The SMILES string of the molecule is CC(=O)N1CCC(F)CC1.CCC. The molecular weight excluding hydrogens is 169 g/mol. The highest BCUT2D eigenvalue weighted by Crippen LogP contribution is 2.12. The molecule has 1 aliphatic heterocycles. The molecule has 0 radical (unpaired) electrons. The molecule has 1 fully saturated rings. The van der Waals surface area contributed by atoms with Gasteiger partial charge in [0.25, 0.3) is 0 Å². The Hall–Kier alpha value is -0.600. The van der Waals surface area contributed by atoms with E-state index in [9.17, 15) is 9.18 Å². The Labute approximate surface area is 80.1 Å². The van der Waals surface area contributed by atoms with Crippen LogP contribution in [0.3, 0.4) is 0 Å². The van der Waals surface area contributed by atoms with Gasteiger partial charge >= 0.3 is 0 Å². The molecule has 0 aromatic rings. The highest BCUT2D eigenvalue weighted by Gasteiger charge is 2.19. The van der Waals surface area contributed by atoms with Crippen molar-refractivity contribution in [1.29, 1.82) is 0 Å². The van der Waals surface area contributed by atoms with Gasteiger partial charge in [-0.15, -0.1) is 0 Å². The van der Waals surface area contributed by atoms with E-state index in [2.05, 4.69) is 13.8 Å². The second-order valence-corrected chi connectivity index (χ2v) is 3.39. The topological polar surface area (TPSA) is 20.3 Å². The lowest BCUT2D eigenvalue weighted by Gasteiger charge is -2.27. The summed E-state index contributed by atoms with van der Waals surface area (Å²) in [6.07, 6.45) is 1.59. The number of likely N-dealkylation sites (tertiary alicyclic amines) is 1. The third-order valence-corrected chi connectivity index (χ3v) is 1.87. The molecule has 13 heavy (non-hydrogen) atoms. The Morgan fingerprint density at radius 1 is 1.38 bits per heavy atom. The first-order valence-corrected chi connectivity index (χ1v) is 5.01. The minimum Gasteiger partial charge on any atom is -0.343 e. The van der Waals surface area contributed by atoms with Gasteiger partial charge in [-0.25, -0.2) is 4.39 Å². The molecule has 2 nitrogen and oxygen atoms in total. The largest absolute Gasteiger partial charge is 0.343 e. The minimum atomic E-state index is -0.685. The maximum Gasteiger partial charge on any atom is 0.219 e. The zero-order valence-electron chi connectivity index (χ0n) is 8.85. The highest BCUT2D eigenvalue weighted by atomic mass is 19.1. The monoisotopic (exact) mass is 189 g/mol. The van der Waals surface area contributed by atoms with Crippen LogP contribution in [-0.2, 0) is 4.79 Å². The summed E-state index contributed by atoms with van der Waals surface area (Å²) >= 11 is 0. The van der Waals surface area contributed by atoms with Gasteiger partial charge in [-0.3, -0.25) is 4.79 Å². The van der Waals surface area contributed by atoms with E-state index in [1.54, 1.807) is 4.90 Å². The van der Waals surface area contributed by atoms with E-state index >= 15 is 0 Å². The summed E-state index contributed by atoms with van der Waals surface area (Å²) in [5.74, 6) is 0.0619. The van der Waals surface area contributed by atoms with Gasteiger partial charge in [-0.2, -0.15) is 0 Å². The first-order valence-electron chi connectivity index (χ1n) is 5.01. The Bertz CT molecular complexity index is 142. The molecule has 78 valence electrons. The molecule has 3 heteroatoms. The number of nitrogens with zero attached hydrogens (tertiary/aromatic N) is 1. The van der Waals surface area contributed by atoms with Crippen molar-refractivity contribution < 1.29 is 9.18 Å². The van der Waals surface area contributed by atoms with Crippen molar-refractivity contribution in [1.82, 2.24) is 4.90 Å². The summed E-state index contributed by atoms with van der Waals surface area (Å²) in [5, 5.41) is 0. The van der Waals surface area contributed by atoms with Crippen LogP contribution < -0.4 is 0 Å². The average Bonchev–Trinajstić information content (AvgIpc) is 2.06. The van der Waals surface area contributed by atoms with E-state index in [-0.39, 0.29) is 5.91 Å². The van der Waals surface area contributed by atoms with Crippen molar-refractivity contribution >= 4 is 5.91 Å². The van der Waals surface area contributed by atoms with Crippen LogP contribution in [0.5, 0.6) is 0 Å². The average molecular weight is 189 g/mol. The molecular formula is C10H20FNO. The van der Waals surface area contributed by atoms with E-state index < -0.39 is 6.17 Å². The number of carbonyl (C=O) groups is 1. The lowest BCUT2D eigenvalue weighted by molar-refractivity contribution is -0.130. The van der Waals surface area contributed by atoms with Gasteiger partial charge in [0.05, 0.1) is 0 Å². The zero-order chi connectivity index (χ0) is 10.3. The van der Waals surface area contributed by atoms with Crippen LogP contribution in [0, 0.1) is 0 Å². The number of carbonyl (C=O) groups excluding carboxylic acids is 1. The Morgan fingerprint density at radius 2 is 1.77 bits per heavy atom. The van der Waals surface area contributed by atoms with Gasteiger partial charge in [-0.05, 0) is 12.8 Å².